The van der Waals surface area contributed by atoms with Crippen molar-refractivity contribution in [2.45, 2.75) is 11.5 Å². The molecular formula is C25H22FN3O4S2. The second-order valence-corrected chi connectivity index (χ2v) is 11.1. The highest BCUT2D eigenvalue weighted by atomic mass is 32.2. The molecule has 0 unspecified atom stereocenters. The fourth-order valence-electron chi connectivity index (χ4n) is 3.96. The molecule has 1 saturated heterocycles. The number of nitrogens with zero attached hydrogens (tertiary/aromatic N) is 3. The number of aromatic nitrogens is 1. The molecule has 7 nitrogen and oxygen atoms in total. The molecule has 3 aromatic carbocycles. The number of ether oxygens (including phenoxy) is 1. The first-order valence-corrected chi connectivity index (χ1v) is 13.3. The Morgan fingerprint density at radius 1 is 0.971 bits per heavy atom. The van der Waals surface area contributed by atoms with Crippen molar-refractivity contribution >= 4 is 43.2 Å². The van der Waals surface area contributed by atoms with Gasteiger partial charge in [-0.3, -0.25) is 0 Å². The Morgan fingerprint density at radius 2 is 1.71 bits per heavy atom. The molecule has 0 atom stereocenters. The van der Waals surface area contributed by atoms with Crippen molar-refractivity contribution in [1.82, 2.24) is 9.29 Å². The van der Waals surface area contributed by atoms with Crippen LogP contribution in [0.5, 0.6) is 0 Å². The summed E-state index contributed by atoms with van der Waals surface area (Å²) in [6, 6.07) is 19.7. The van der Waals surface area contributed by atoms with Gasteiger partial charge < -0.3 is 9.64 Å². The second-order valence-electron chi connectivity index (χ2n) is 8.05. The highest BCUT2D eigenvalue weighted by Crippen LogP contribution is 2.24. The van der Waals surface area contributed by atoms with Gasteiger partial charge in [-0.15, -0.1) is 11.3 Å². The van der Waals surface area contributed by atoms with Crippen molar-refractivity contribution in [2.75, 3.05) is 31.1 Å². The van der Waals surface area contributed by atoms with Crippen LogP contribution in [0.3, 0.4) is 0 Å². The van der Waals surface area contributed by atoms with Crippen molar-refractivity contribution in [3.8, 4) is 0 Å². The van der Waals surface area contributed by atoms with Gasteiger partial charge in [0.05, 0.1) is 20.7 Å². The lowest BCUT2D eigenvalue weighted by atomic mass is 10.2. The molecule has 10 heteroatoms. The number of sulfonamides is 1. The van der Waals surface area contributed by atoms with E-state index in [1.54, 1.807) is 12.1 Å². The molecule has 5 rings (SSSR count). The lowest BCUT2D eigenvalue weighted by Crippen LogP contribution is -2.48. The maximum atomic E-state index is 13.2. The van der Waals surface area contributed by atoms with Crippen molar-refractivity contribution in [2.24, 2.45) is 0 Å². The lowest BCUT2D eigenvalue weighted by molar-refractivity contribution is 0.0472. The van der Waals surface area contributed by atoms with E-state index in [9.17, 15) is 17.6 Å². The Bertz CT molecular complexity index is 1430. The van der Waals surface area contributed by atoms with Gasteiger partial charge in [0, 0.05) is 31.9 Å². The maximum absolute atomic E-state index is 13.2. The van der Waals surface area contributed by atoms with E-state index in [0.717, 1.165) is 15.9 Å². The summed E-state index contributed by atoms with van der Waals surface area (Å²) >= 11 is 1.45. The number of thiazole rings is 1. The largest absolute Gasteiger partial charge is 0.455 e. The average Bonchev–Trinajstić information content (AvgIpc) is 3.31. The van der Waals surface area contributed by atoms with E-state index in [1.165, 1.54) is 52.0 Å². The smallest absolute Gasteiger partial charge is 0.338 e. The first-order valence-electron chi connectivity index (χ1n) is 11.0. The second kappa shape index (κ2) is 9.73. The van der Waals surface area contributed by atoms with E-state index < -0.39 is 16.0 Å². The van der Waals surface area contributed by atoms with Crippen molar-refractivity contribution in [1.29, 1.82) is 0 Å². The summed E-state index contributed by atoms with van der Waals surface area (Å²) in [5.41, 5.74) is 1.86. The zero-order valence-electron chi connectivity index (χ0n) is 18.6. The molecular weight excluding hydrogens is 489 g/mol. The van der Waals surface area contributed by atoms with Gasteiger partial charge in [-0.2, -0.15) is 4.31 Å². The van der Waals surface area contributed by atoms with Crippen LogP contribution in [-0.2, 0) is 21.4 Å². The first-order chi connectivity index (χ1) is 16.9. The van der Waals surface area contributed by atoms with Crippen LogP contribution >= 0.6 is 11.3 Å². The molecule has 0 bridgehead atoms. The monoisotopic (exact) mass is 511 g/mol. The van der Waals surface area contributed by atoms with Gasteiger partial charge in [0.15, 0.2) is 0 Å². The number of carbonyl (C=O) groups is 1. The molecule has 180 valence electrons. The number of hydrogen-bond donors (Lipinski definition) is 0. The molecule has 0 amide bonds. The molecule has 1 aromatic heterocycles. The average molecular weight is 512 g/mol. The molecule has 0 N–H and O–H groups in total. The normalized spacial score (nSPS) is 14.8. The number of halogens is 1. The number of rotatable bonds is 6. The molecule has 1 aliphatic rings. The number of piperazine rings is 1. The quantitative estimate of drug-likeness (QED) is 0.359. The van der Waals surface area contributed by atoms with Crippen LogP contribution < -0.4 is 4.90 Å². The highest BCUT2D eigenvalue weighted by Gasteiger charge is 2.29. The first kappa shape index (κ1) is 23.4. The van der Waals surface area contributed by atoms with Crippen molar-refractivity contribution in [3.05, 3.63) is 89.2 Å². The van der Waals surface area contributed by atoms with Crippen LogP contribution in [-0.4, -0.2) is 49.9 Å². The molecule has 1 aliphatic heterocycles. The Hall–Kier alpha value is -3.34. The van der Waals surface area contributed by atoms with Crippen LogP contribution in [0, 0.1) is 5.82 Å². The molecule has 1 fully saturated rings. The molecule has 35 heavy (non-hydrogen) atoms. The van der Waals surface area contributed by atoms with Gasteiger partial charge in [-0.1, -0.05) is 18.2 Å². The van der Waals surface area contributed by atoms with Gasteiger partial charge in [0.1, 0.15) is 17.4 Å². The highest BCUT2D eigenvalue weighted by molar-refractivity contribution is 7.89. The Labute approximate surface area is 206 Å². The number of fused-ring (bicyclic) bond motifs is 1. The lowest BCUT2D eigenvalue weighted by Gasteiger charge is -2.35. The molecule has 0 spiro atoms. The van der Waals surface area contributed by atoms with E-state index in [2.05, 4.69) is 4.98 Å². The zero-order chi connectivity index (χ0) is 24.4. The summed E-state index contributed by atoms with van der Waals surface area (Å²) < 4.78 is 47.4. The summed E-state index contributed by atoms with van der Waals surface area (Å²) in [4.78, 5) is 19.1. The van der Waals surface area contributed by atoms with Crippen LogP contribution in [0.2, 0.25) is 0 Å². The standard InChI is InChI=1S/C25H22FN3O4S2/c26-19-8-10-20(11-9-19)28-12-14-29(15-13-28)35(31,32)21-5-3-4-18(16-21)25(30)33-17-24-27-22-6-1-2-7-23(22)34-24/h1-11,16H,12-15,17H2. The van der Waals surface area contributed by atoms with Crippen molar-refractivity contribution in [3.63, 3.8) is 0 Å². The minimum atomic E-state index is -3.79. The fourth-order valence-corrected chi connectivity index (χ4v) is 6.31. The van der Waals surface area contributed by atoms with E-state index in [-0.39, 0.29) is 36.0 Å². The van der Waals surface area contributed by atoms with E-state index in [4.69, 9.17) is 4.74 Å². The number of esters is 1. The number of anilines is 1. The Kier molecular flexibility index (Phi) is 6.50. The zero-order valence-corrected chi connectivity index (χ0v) is 20.3. The van der Waals surface area contributed by atoms with E-state index in [1.807, 2.05) is 29.2 Å². The molecule has 4 aromatic rings. The third-order valence-electron chi connectivity index (χ3n) is 5.80. The maximum Gasteiger partial charge on any atom is 0.338 e. The Balaban J connectivity index is 1.24. The van der Waals surface area contributed by atoms with Gasteiger partial charge in [0.2, 0.25) is 10.0 Å². The summed E-state index contributed by atoms with van der Waals surface area (Å²) in [6.45, 7) is 1.54. The third-order valence-corrected chi connectivity index (χ3v) is 8.71. The summed E-state index contributed by atoms with van der Waals surface area (Å²) in [5.74, 6) is -0.920. The van der Waals surface area contributed by atoms with Crippen LogP contribution in [0.25, 0.3) is 10.2 Å². The topological polar surface area (TPSA) is 79.8 Å². The number of carbonyl (C=O) groups excluding carboxylic acids is 1. The van der Waals surface area contributed by atoms with Gasteiger partial charge in [-0.05, 0) is 54.6 Å². The molecule has 2 heterocycles. The van der Waals surface area contributed by atoms with Gasteiger partial charge >= 0.3 is 5.97 Å². The number of para-hydroxylation sites is 1. The van der Waals surface area contributed by atoms with Crippen molar-refractivity contribution < 1.29 is 22.3 Å². The minimum Gasteiger partial charge on any atom is -0.455 e. The molecule has 0 saturated carbocycles. The van der Waals surface area contributed by atoms with E-state index in [0.29, 0.717) is 18.1 Å². The number of hydrogen-bond acceptors (Lipinski definition) is 7. The van der Waals surface area contributed by atoms with Crippen LogP contribution in [0.15, 0.2) is 77.7 Å². The predicted molar refractivity (Wildman–Crippen MR) is 133 cm³/mol. The summed E-state index contributed by atoms with van der Waals surface area (Å²) in [6.07, 6.45) is 0. The predicted octanol–water partition coefficient (Wildman–Crippen LogP) is 4.30. The summed E-state index contributed by atoms with van der Waals surface area (Å²) in [7, 11) is -3.79. The third kappa shape index (κ3) is 5.04. The van der Waals surface area contributed by atoms with Gasteiger partial charge in [-0.25, -0.2) is 22.6 Å². The van der Waals surface area contributed by atoms with Gasteiger partial charge in [0.25, 0.3) is 0 Å². The van der Waals surface area contributed by atoms with E-state index >= 15 is 0 Å². The molecule has 0 aliphatic carbocycles. The number of benzene rings is 3. The SMILES string of the molecule is O=C(OCc1nc2ccccc2s1)c1cccc(S(=O)(=O)N2CCN(c3ccc(F)cc3)CC2)c1. The van der Waals surface area contributed by atoms with Crippen LogP contribution in [0.1, 0.15) is 15.4 Å². The summed E-state index contributed by atoms with van der Waals surface area (Å²) in [5, 5.41) is 0.669. The fraction of sp³-hybridized carbons (Fsp3) is 0.200. The Morgan fingerprint density at radius 3 is 2.46 bits per heavy atom. The van der Waals surface area contributed by atoms with Crippen LogP contribution in [0.4, 0.5) is 10.1 Å². The minimum absolute atomic E-state index is 0.0144. The molecule has 0 radical (unpaired) electrons.